The summed E-state index contributed by atoms with van der Waals surface area (Å²) in [5, 5.41) is 2.76. The van der Waals surface area contributed by atoms with Crippen LogP contribution in [0.25, 0.3) is 0 Å². The molecule has 3 aromatic carbocycles. The van der Waals surface area contributed by atoms with Crippen LogP contribution in [0.4, 0.5) is 5.69 Å². The molecule has 3 aromatic rings. The number of carbonyl (C=O) groups excluding carboxylic acids is 1. The first-order valence-electron chi connectivity index (χ1n) is 7.97. The highest BCUT2D eigenvalue weighted by molar-refractivity contribution is 9.10. The molecule has 1 atom stereocenters. The van der Waals surface area contributed by atoms with Crippen LogP contribution in [0, 0.1) is 6.92 Å². The maximum Gasteiger partial charge on any atom is 0.242 e. The standard InChI is InChI=1S/C21H18BrNOS/c1-15-14-17(22)12-13-19(15)23-21(24)20(16-8-4-2-5-9-16)25-18-10-6-3-7-11-18/h2-14,20H,1H3,(H,23,24)/t20-/m1/s1. The van der Waals surface area contributed by atoms with Gasteiger partial charge in [0.2, 0.25) is 5.91 Å². The van der Waals surface area contributed by atoms with Crippen molar-refractivity contribution in [1.82, 2.24) is 0 Å². The minimum Gasteiger partial charge on any atom is -0.325 e. The van der Waals surface area contributed by atoms with Gasteiger partial charge in [-0.3, -0.25) is 4.79 Å². The number of amides is 1. The average molecular weight is 412 g/mol. The molecule has 0 fully saturated rings. The Kier molecular flexibility index (Phi) is 5.95. The molecule has 3 rings (SSSR count). The summed E-state index contributed by atoms with van der Waals surface area (Å²) in [6, 6.07) is 25.7. The normalized spacial score (nSPS) is 11.8. The Morgan fingerprint density at radius 1 is 0.960 bits per heavy atom. The first kappa shape index (κ1) is 17.8. The van der Waals surface area contributed by atoms with Crippen molar-refractivity contribution in [3.8, 4) is 0 Å². The molecule has 0 heterocycles. The van der Waals surface area contributed by atoms with Gasteiger partial charge in [-0.15, -0.1) is 11.8 Å². The fraction of sp³-hybridized carbons (Fsp3) is 0.0952. The van der Waals surface area contributed by atoms with Crippen LogP contribution in [0.3, 0.4) is 0 Å². The van der Waals surface area contributed by atoms with E-state index < -0.39 is 0 Å². The summed E-state index contributed by atoms with van der Waals surface area (Å²) >= 11 is 5.01. The third-order valence-electron chi connectivity index (χ3n) is 3.78. The average Bonchev–Trinajstić information content (AvgIpc) is 2.63. The Labute approximate surface area is 160 Å². The maximum absolute atomic E-state index is 13.0. The maximum atomic E-state index is 13.0. The number of carbonyl (C=O) groups is 1. The number of nitrogens with one attached hydrogen (secondary N) is 1. The first-order valence-corrected chi connectivity index (χ1v) is 9.64. The van der Waals surface area contributed by atoms with Crippen molar-refractivity contribution in [2.24, 2.45) is 0 Å². The lowest BCUT2D eigenvalue weighted by atomic mass is 10.1. The molecular weight excluding hydrogens is 394 g/mol. The van der Waals surface area contributed by atoms with E-state index >= 15 is 0 Å². The van der Waals surface area contributed by atoms with Crippen molar-refractivity contribution < 1.29 is 4.79 Å². The summed E-state index contributed by atoms with van der Waals surface area (Å²) < 4.78 is 1.00. The van der Waals surface area contributed by atoms with Gasteiger partial charge >= 0.3 is 0 Å². The minimum absolute atomic E-state index is 0.0227. The van der Waals surface area contributed by atoms with Gasteiger partial charge in [0.05, 0.1) is 0 Å². The molecule has 4 heteroatoms. The summed E-state index contributed by atoms with van der Waals surface area (Å²) in [5.74, 6) is -0.0227. The summed E-state index contributed by atoms with van der Waals surface area (Å²) in [7, 11) is 0. The van der Waals surface area contributed by atoms with Gasteiger partial charge in [-0.05, 0) is 48.4 Å². The van der Waals surface area contributed by atoms with E-state index in [-0.39, 0.29) is 11.2 Å². The Balaban J connectivity index is 1.87. The molecule has 1 N–H and O–H groups in total. The van der Waals surface area contributed by atoms with Crippen LogP contribution in [0.1, 0.15) is 16.4 Å². The van der Waals surface area contributed by atoms with E-state index in [2.05, 4.69) is 21.2 Å². The lowest BCUT2D eigenvalue weighted by molar-refractivity contribution is -0.115. The van der Waals surface area contributed by atoms with E-state index in [1.807, 2.05) is 85.8 Å². The van der Waals surface area contributed by atoms with Gasteiger partial charge in [0.1, 0.15) is 5.25 Å². The van der Waals surface area contributed by atoms with Crippen LogP contribution < -0.4 is 5.32 Å². The van der Waals surface area contributed by atoms with Crippen molar-refractivity contribution in [2.45, 2.75) is 17.1 Å². The van der Waals surface area contributed by atoms with Crippen molar-refractivity contribution >= 4 is 39.3 Å². The fourth-order valence-electron chi connectivity index (χ4n) is 2.50. The highest BCUT2D eigenvalue weighted by Crippen LogP contribution is 2.36. The van der Waals surface area contributed by atoms with E-state index in [0.717, 1.165) is 26.2 Å². The highest BCUT2D eigenvalue weighted by atomic mass is 79.9. The Bertz CT molecular complexity index is 852. The predicted octanol–water partition coefficient (Wildman–Crippen LogP) is 6.23. The number of hydrogen-bond donors (Lipinski definition) is 1. The number of hydrogen-bond acceptors (Lipinski definition) is 2. The predicted molar refractivity (Wildman–Crippen MR) is 109 cm³/mol. The van der Waals surface area contributed by atoms with Gasteiger partial charge in [-0.1, -0.05) is 64.5 Å². The van der Waals surface area contributed by atoms with Crippen molar-refractivity contribution in [1.29, 1.82) is 0 Å². The van der Waals surface area contributed by atoms with Gasteiger partial charge in [0.15, 0.2) is 0 Å². The van der Waals surface area contributed by atoms with Crippen LogP contribution >= 0.6 is 27.7 Å². The highest BCUT2D eigenvalue weighted by Gasteiger charge is 2.22. The number of aryl methyl sites for hydroxylation is 1. The zero-order chi connectivity index (χ0) is 17.6. The molecule has 1 amide bonds. The molecular formula is C21H18BrNOS. The quantitative estimate of drug-likeness (QED) is 0.504. The molecule has 0 saturated carbocycles. The SMILES string of the molecule is Cc1cc(Br)ccc1NC(=O)[C@H](Sc1ccccc1)c1ccccc1. The van der Waals surface area contributed by atoms with Crippen molar-refractivity contribution in [2.75, 3.05) is 5.32 Å². The van der Waals surface area contributed by atoms with Crippen LogP contribution in [-0.2, 0) is 4.79 Å². The van der Waals surface area contributed by atoms with Gasteiger partial charge in [0, 0.05) is 15.1 Å². The Morgan fingerprint density at radius 2 is 1.60 bits per heavy atom. The molecule has 126 valence electrons. The van der Waals surface area contributed by atoms with Crippen LogP contribution in [0.5, 0.6) is 0 Å². The van der Waals surface area contributed by atoms with E-state index in [1.165, 1.54) is 0 Å². The third kappa shape index (κ3) is 4.74. The monoisotopic (exact) mass is 411 g/mol. The minimum atomic E-state index is -0.313. The van der Waals surface area contributed by atoms with Gasteiger partial charge < -0.3 is 5.32 Å². The molecule has 0 aliphatic carbocycles. The molecule has 0 bridgehead atoms. The van der Waals surface area contributed by atoms with E-state index in [9.17, 15) is 4.79 Å². The fourth-order valence-corrected chi connectivity index (χ4v) is 4.02. The molecule has 2 nitrogen and oxygen atoms in total. The number of rotatable bonds is 5. The zero-order valence-corrected chi connectivity index (χ0v) is 16.2. The summed E-state index contributed by atoms with van der Waals surface area (Å²) in [4.78, 5) is 14.1. The largest absolute Gasteiger partial charge is 0.325 e. The third-order valence-corrected chi connectivity index (χ3v) is 5.54. The molecule has 0 aliphatic rings. The lowest BCUT2D eigenvalue weighted by Gasteiger charge is -2.18. The zero-order valence-electron chi connectivity index (χ0n) is 13.8. The number of anilines is 1. The van der Waals surface area contributed by atoms with Crippen LogP contribution in [0.2, 0.25) is 0 Å². The second-order valence-electron chi connectivity index (χ2n) is 5.67. The van der Waals surface area contributed by atoms with E-state index in [0.29, 0.717) is 0 Å². The summed E-state index contributed by atoms with van der Waals surface area (Å²) in [6.45, 7) is 1.99. The molecule has 0 saturated heterocycles. The second-order valence-corrected chi connectivity index (χ2v) is 7.76. The molecule has 0 spiro atoms. The lowest BCUT2D eigenvalue weighted by Crippen LogP contribution is -2.19. The van der Waals surface area contributed by atoms with E-state index in [4.69, 9.17) is 0 Å². The number of thioether (sulfide) groups is 1. The van der Waals surface area contributed by atoms with E-state index in [1.54, 1.807) is 11.8 Å². The number of benzene rings is 3. The second kappa shape index (κ2) is 8.37. The van der Waals surface area contributed by atoms with Gasteiger partial charge in [-0.2, -0.15) is 0 Å². The summed E-state index contributed by atoms with van der Waals surface area (Å²) in [6.07, 6.45) is 0. The Morgan fingerprint density at radius 3 is 2.24 bits per heavy atom. The topological polar surface area (TPSA) is 29.1 Å². The summed E-state index contributed by atoms with van der Waals surface area (Å²) in [5.41, 5.74) is 2.85. The Hall–Kier alpha value is -2.04. The van der Waals surface area contributed by atoms with Gasteiger partial charge in [0.25, 0.3) is 0 Å². The molecule has 0 aromatic heterocycles. The molecule has 0 aliphatic heterocycles. The van der Waals surface area contributed by atoms with Gasteiger partial charge in [-0.25, -0.2) is 0 Å². The smallest absolute Gasteiger partial charge is 0.242 e. The molecule has 0 unspecified atom stereocenters. The van der Waals surface area contributed by atoms with Crippen molar-refractivity contribution in [3.63, 3.8) is 0 Å². The van der Waals surface area contributed by atoms with Crippen LogP contribution in [0.15, 0.2) is 88.2 Å². The first-order chi connectivity index (χ1) is 12.1. The van der Waals surface area contributed by atoms with Crippen LogP contribution in [-0.4, -0.2) is 5.91 Å². The number of halogens is 1. The molecule has 25 heavy (non-hydrogen) atoms. The van der Waals surface area contributed by atoms with Crippen molar-refractivity contribution in [3.05, 3.63) is 94.5 Å². The molecule has 0 radical (unpaired) electrons.